The van der Waals surface area contributed by atoms with E-state index < -0.39 is 0 Å². The van der Waals surface area contributed by atoms with Crippen molar-refractivity contribution < 1.29 is 9.84 Å². The van der Waals surface area contributed by atoms with Gasteiger partial charge in [-0.25, -0.2) is 4.99 Å². The van der Waals surface area contributed by atoms with Crippen molar-refractivity contribution in [3.63, 3.8) is 0 Å². The van der Waals surface area contributed by atoms with Crippen LogP contribution in [0.5, 0.6) is 11.5 Å². The van der Waals surface area contributed by atoms with Crippen molar-refractivity contribution in [1.29, 1.82) is 0 Å². The summed E-state index contributed by atoms with van der Waals surface area (Å²) in [6.45, 7) is 6.21. The first kappa shape index (κ1) is 22.1. The van der Waals surface area contributed by atoms with Gasteiger partial charge in [0.2, 0.25) is 0 Å². The molecule has 6 heteroatoms. The number of nitrogens with one attached hydrogen (secondary N) is 2. The molecule has 2 aromatic carbocycles. The molecule has 0 aliphatic rings. The predicted octanol–water partition coefficient (Wildman–Crippen LogP) is 3.63. The maximum Gasteiger partial charge on any atom is 0.191 e. The van der Waals surface area contributed by atoms with E-state index >= 15 is 0 Å². The minimum absolute atomic E-state index is 0. The van der Waals surface area contributed by atoms with Crippen LogP contribution >= 0.6 is 24.0 Å². The molecular weight excluding hydrogens is 441 g/mol. The van der Waals surface area contributed by atoms with Gasteiger partial charge in [-0.15, -0.1) is 24.0 Å². The molecule has 2 rings (SSSR count). The van der Waals surface area contributed by atoms with E-state index in [0.29, 0.717) is 25.3 Å². The maximum atomic E-state index is 10.1. The van der Waals surface area contributed by atoms with Crippen LogP contribution in [-0.2, 0) is 13.0 Å². The summed E-state index contributed by atoms with van der Waals surface area (Å²) in [5.74, 6) is 1.47. The monoisotopic (exact) mass is 469 g/mol. The SMILES string of the molecule is CCNC(=NCc1cccc(C)c1)NCCc1cccc(OC)c1O.I. The highest BCUT2D eigenvalue weighted by molar-refractivity contribution is 14.0. The first-order valence-electron chi connectivity index (χ1n) is 8.56. The molecule has 0 amide bonds. The molecule has 0 aliphatic heterocycles. The fraction of sp³-hybridized carbons (Fsp3) is 0.350. The number of phenols is 1. The Morgan fingerprint density at radius 2 is 1.92 bits per heavy atom. The van der Waals surface area contributed by atoms with Gasteiger partial charge >= 0.3 is 0 Å². The van der Waals surface area contributed by atoms with E-state index in [1.165, 1.54) is 11.1 Å². The maximum absolute atomic E-state index is 10.1. The van der Waals surface area contributed by atoms with Crippen molar-refractivity contribution in [1.82, 2.24) is 10.6 Å². The Bertz CT molecular complexity index is 720. The molecule has 0 atom stereocenters. The average molecular weight is 469 g/mol. The number of aromatic hydroxyl groups is 1. The van der Waals surface area contributed by atoms with Gasteiger partial charge in [-0.05, 0) is 37.5 Å². The van der Waals surface area contributed by atoms with Crippen LogP contribution < -0.4 is 15.4 Å². The summed E-state index contributed by atoms with van der Waals surface area (Å²) in [4.78, 5) is 4.62. The molecule has 0 spiro atoms. The highest BCUT2D eigenvalue weighted by Crippen LogP contribution is 2.29. The van der Waals surface area contributed by atoms with Gasteiger partial charge in [0.25, 0.3) is 0 Å². The number of aliphatic imine (C=N–C) groups is 1. The van der Waals surface area contributed by atoms with Crippen molar-refractivity contribution in [2.75, 3.05) is 20.2 Å². The van der Waals surface area contributed by atoms with Crippen molar-refractivity contribution in [2.24, 2.45) is 4.99 Å². The van der Waals surface area contributed by atoms with Gasteiger partial charge in [0.15, 0.2) is 17.5 Å². The average Bonchev–Trinajstić information content (AvgIpc) is 2.61. The Hall–Kier alpha value is -1.96. The molecule has 0 saturated carbocycles. The van der Waals surface area contributed by atoms with Crippen LogP contribution in [0.15, 0.2) is 47.5 Å². The zero-order valence-corrected chi connectivity index (χ0v) is 17.9. The second-order valence-corrected chi connectivity index (χ2v) is 5.83. The molecule has 5 nitrogen and oxygen atoms in total. The third-order valence-electron chi connectivity index (χ3n) is 3.84. The Kier molecular flexibility index (Phi) is 9.87. The van der Waals surface area contributed by atoms with Gasteiger partial charge in [0, 0.05) is 13.1 Å². The number of benzene rings is 2. The van der Waals surface area contributed by atoms with Crippen LogP contribution in [0.1, 0.15) is 23.6 Å². The minimum Gasteiger partial charge on any atom is -0.504 e. The van der Waals surface area contributed by atoms with Crippen LogP contribution in [0, 0.1) is 6.92 Å². The van der Waals surface area contributed by atoms with E-state index in [1.54, 1.807) is 13.2 Å². The smallest absolute Gasteiger partial charge is 0.191 e. The number of methoxy groups -OCH3 is 1. The van der Waals surface area contributed by atoms with E-state index in [9.17, 15) is 5.11 Å². The molecule has 0 heterocycles. The van der Waals surface area contributed by atoms with Crippen molar-refractivity contribution in [3.05, 3.63) is 59.2 Å². The molecule has 0 fully saturated rings. The molecule has 0 radical (unpaired) electrons. The number of rotatable bonds is 7. The Morgan fingerprint density at radius 1 is 1.15 bits per heavy atom. The number of nitrogens with zero attached hydrogens (tertiary/aromatic N) is 1. The summed E-state index contributed by atoms with van der Waals surface area (Å²) in [7, 11) is 1.55. The number of para-hydroxylation sites is 1. The van der Waals surface area contributed by atoms with Crippen LogP contribution in [0.3, 0.4) is 0 Å². The molecule has 0 unspecified atom stereocenters. The van der Waals surface area contributed by atoms with Gasteiger partial charge in [-0.2, -0.15) is 0 Å². The Morgan fingerprint density at radius 3 is 2.62 bits per heavy atom. The van der Waals surface area contributed by atoms with E-state index in [2.05, 4.69) is 40.7 Å². The van der Waals surface area contributed by atoms with E-state index in [4.69, 9.17) is 4.74 Å². The molecule has 0 aromatic heterocycles. The van der Waals surface area contributed by atoms with E-state index in [0.717, 1.165) is 18.1 Å². The molecule has 26 heavy (non-hydrogen) atoms. The largest absolute Gasteiger partial charge is 0.504 e. The summed E-state index contributed by atoms with van der Waals surface area (Å²) in [5, 5.41) is 16.7. The third-order valence-corrected chi connectivity index (χ3v) is 3.84. The van der Waals surface area contributed by atoms with Crippen LogP contribution in [-0.4, -0.2) is 31.3 Å². The lowest BCUT2D eigenvalue weighted by atomic mass is 10.1. The van der Waals surface area contributed by atoms with Gasteiger partial charge in [0.05, 0.1) is 13.7 Å². The Balaban J connectivity index is 0.00000338. The fourth-order valence-electron chi connectivity index (χ4n) is 2.57. The summed E-state index contributed by atoms with van der Waals surface area (Å²) in [6, 6.07) is 13.9. The summed E-state index contributed by atoms with van der Waals surface area (Å²) >= 11 is 0. The van der Waals surface area contributed by atoms with Crippen molar-refractivity contribution in [2.45, 2.75) is 26.8 Å². The van der Waals surface area contributed by atoms with Crippen LogP contribution in [0.2, 0.25) is 0 Å². The second-order valence-electron chi connectivity index (χ2n) is 5.83. The summed E-state index contributed by atoms with van der Waals surface area (Å²) < 4.78 is 5.14. The van der Waals surface area contributed by atoms with Gasteiger partial charge in [0.1, 0.15) is 0 Å². The minimum atomic E-state index is 0. The lowest BCUT2D eigenvalue weighted by Gasteiger charge is -2.13. The zero-order valence-electron chi connectivity index (χ0n) is 15.6. The first-order chi connectivity index (χ1) is 12.1. The molecule has 0 saturated heterocycles. The quantitative estimate of drug-likeness (QED) is 0.329. The zero-order chi connectivity index (χ0) is 18.1. The third kappa shape index (κ3) is 6.74. The number of phenolic OH excluding ortho intramolecular Hbond substituents is 1. The van der Waals surface area contributed by atoms with E-state index in [-0.39, 0.29) is 29.7 Å². The summed E-state index contributed by atoms with van der Waals surface area (Å²) in [5.41, 5.74) is 3.27. The number of ether oxygens (including phenoxy) is 1. The fourth-order valence-corrected chi connectivity index (χ4v) is 2.57. The van der Waals surface area contributed by atoms with Gasteiger partial charge in [-0.1, -0.05) is 42.0 Å². The van der Waals surface area contributed by atoms with E-state index in [1.807, 2.05) is 25.1 Å². The molecule has 0 bridgehead atoms. The second kappa shape index (κ2) is 11.6. The number of guanidine groups is 1. The highest BCUT2D eigenvalue weighted by atomic mass is 127. The molecule has 3 N–H and O–H groups in total. The molecule has 0 aliphatic carbocycles. The topological polar surface area (TPSA) is 65.9 Å². The normalized spacial score (nSPS) is 10.8. The lowest BCUT2D eigenvalue weighted by molar-refractivity contribution is 0.370. The summed E-state index contributed by atoms with van der Waals surface area (Å²) in [6.07, 6.45) is 0.678. The van der Waals surface area contributed by atoms with Crippen molar-refractivity contribution >= 4 is 29.9 Å². The molecular formula is C20H28IN3O2. The van der Waals surface area contributed by atoms with Crippen molar-refractivity contribution in [3.8, 4) is 11.5 Å². The van der Waals surface area contributed by atoms with Gasteiger partial charge in [-0.3, -0.25) is 0 Å². The van der Waals surface area contributed by atoms with Gasteiger partial charge < -0.3 is 20.5 Å². The Labute approximate surface area is 172 Å². The molecule has 2 aromatic rings. The standard InChI is InChI=1S/C20H27N3O2.HI/c1-4-21-20(23-14-16-8-5-7-15(2)13-16)22-12-11-17-9-6-10-18(25-3)19(17)24;/h5-10,13,24H,4,11-12,14H2,1-3H3,(H2,21,22,23);1H. The number of aryl methyl sites for hydroxylation is 1. The van der Waals surface area contributed by atoms with Crippen LogP contribution in [0.25, 0.3) is 0 Å². The number of halogens is 1. The first-order valence-corrected chi connectivity index (χ1v) is 8.56. The lowest BCUT2D eigenvalue weighted by Crippen LogP contribution is -2.38. The number of hydrogen-bond donors (Lipinski definition) is 3. The highest BCUT2D eigenvalue weighted by Gasteiger charge is 2.07. The molecule has 142 valence electrons. The number of hydrogen-bond acceptors (Lipinski definition) is 3. The van der Waals surface area contributed by atoms with Crippen LogP contribution in [0.4, 0.5) is 0 Å². The predicted molar refractivity (Wildman–Crippen MR) is 118 cm³/mol.